The molecule has 4 bridgehead atoms. The van der Waals surface area contributed by atoms with Gasteiger partial charge >= 0.3 is 18.1 Å². The molecule has 10 N–H and O–H groups in total. The number of rotatable bonds is 22. The second kappa shape index (κ2) is 31.0. The number of nitrogens with one attached hydrogen (secondary N) is 7. The zero-order valence-electron chi connectivity index (χ0n) is 52.3. The molecule has 2 fully saturated rings. The molecule has 90 heavy (non-hydrogen) atoms. The number of imide groups is 1. The van der Waals surface area contributed by atoms with Gasteiger partial charge in [-0.3, -0.25) is 43.8 Å². The van der Waals surface area contributed by atoms with Crippen LogP contribution in [-0.2, 0) is 54.1 Å². The molecule has 0 aromatic heterocycles. The lowest BCUT2D eigenvalue weighted by atomic mass is 9.83. The van der Waals surface area contributed by atoms with E-state index >= 15 is 0 Å². The summed E-state index contributed by atoms with van der Waals surface area (Å²) in [5.74, 6) is -5.91. The summed E-state index contributed by atoms with van der Waals surface area (Å²) in [6.07, 6.45) is 3.35. The molecule has 10 atom stereocenters. The summed E-state index contributed by atoms with van der Waals surface area (Å²) in [6, 6.07) is 2.92. The number of benzene rings is 2. The number of nitrogens with zero attached hydrogens (tertiary/aromatic N) is 3. The summed E-state index contributed by atoms with van der Waals surface area (Å²) < 4.78 is 29.6. The van der Waals surface area contributed by atoms with Crippen molar-refractivity contribution in [2.75, 3.05) is 65.2 Å². The van der Waals surface area contributed by atoms with Crippen LogP contribution < -0.4 is 52.6 Å². The second-order valence-electron chi connectivity index (χ2n) is 23.1. The van der Waals surface area contributed by atoms with Gasteiger partial charge in [-0.15, -0.1) is 0 Å². The van der Waals surface area contributed by atoms with Crippen molar-refractivity contribution >= 4 is 99.7 Å². The first kappa shape index (κ1) is 70.9. The third-order valence-corrected chi connectivity index (χ3v) is 16.9. The van der Waals surface area contributed by atoms with Crippen molar-refractivity contribution in [1.82, 2.24) is 41.7 Å². The van der Waals surface area contributed by atoms with Crippen LogP contribution in [0.4, 0.5) is 21.0 Å². The Morgan fingerprint density at radius 2 is 1.67 bits per heavy atom. The van der Waals surface area contributed by atoms with E-state index in [-0.39, 0.29) is 82.8 Å². The average Bonchev–Trinajstić information content (AvgIpc) is 1.57. The number of thiocarbonyl (C=S) groups is 1. The molecule has 0 radical (unpaired) electrons. The molecule has 2 aromatic carbocycles. The van der Waals surface area contributed by atoms with Gasteiger partial charge in [0.1, 0.15) is 52.8 Å². The quantitative estimate of drug-likeness (QED) is 0.0269. The normalized spacial score (nSPS) is 24.3. The van der Waals surface area contributed by atoms with Crippen LogP contribution in [0.2, 0.25) is 5.02 Å². The van der Waals surface area contributed by atoms with E-state index in [1.54, 1.807) is 52.0 Å². The van der Waals surface area contributed by atoms with Gasteiger partial charge in [0, 0.05) is 77.9 Å². The molecule has 29 heteroatoms. The summed E-state index contributed by atoms with van der Waals surface area (Å²) >= 11 is 12.3. The van der Waals surface area contributed by atoms with Gasteiger partial charge in [-0.1, -0.05) is 56.2 Å². The highest BCUT2D eigenvalue weighted by Gasteiger charge is 2.64. The van der Waals surface area contributed by atoms with Crippen LogP contribution in [0.3, 0.4) is 0 Å². The molecule has 6 rings (SSSR count). The molecule has 10 amide bonds. The summed E-state index contributed by atoms with van der Waals surface area (Å²) in [7, 11) is 7.00. The number of unbranched alkanes of at least 4 members (excludes halogenated alkanes) is 1. The van der Waals surface area contributed by atoms with Crippen molar-refractivity contribution in [3.63, 3.8) is 0 Å². The molecule has 0 aliphatic carbocycles. The monoisotopic (exact) mass is 1290 g/mol. The summed E-state index contributed by atoms with van der Waals surface area (Å²) in [5, 5.41) is 31.1. The maximum Gasteiger partial charge on any atom is 0.409 e. The molecule has 4 aliphatic heterocycles. The van der Waals surface area contributed by atoms with E-state index < -0.39 is 114 Å². The van der Waals surface area contributed by atoms with Crippen molar-refractivity contribution in [3.05, 3.63) is 88.0 Å². The Kier molecular flexibility index (Phi) is 24.4. The van der Waals surface area contributed by atoms with E-state index in [9.17, 15) is 53.1 Å². The topological polar surface area (TPSA) is 360 Å². The predicted molar refractivity (Wildman–Crippen MR) is 335 cm³/mol. The zero-order chi connectivity index (χ0) is 66.5. The van der Waals surface area contributed by atoms with E-state index in [1.807, 2.05) is 13.0 Å². The van der Waals surface area contributed by atoms with Gasteiger partial charge in [0.25, 0.3) is 23.6 Å². The lowest BCUT2D eigenvalue weighted by molar-refractivity contribution is -0.158. The molecule has 2 saturated heterocycles. The number of fused-ring (bicyclic) bond motifs is 5. The van der Waals surface area contributed by atoms with Crippen molar-refractivity contribution in [1.29, 1.82) is 0 Å². The number of nitrogens with two attached hydrogens (primary N) is 1. The van der Waals surface area contributed by atoms with Gasteiger partial charge in [-0.05, 0) is 107 Å². The number of epoxide rings is 1. The number of likely N-dealkylation sites (N-methyl/N-ethyl adjacent to an activating group) is 1. The number of halogens is 1. The van der Waals surface area contributed by atoms with Crippen LogP contribution in [0.15, 0.2) is 66.3 Å². The number of allylic oxidation sites excluding steroid dienone is 3. The second-order valence-corrected chi connectivity index (χ2v) is 23.9. The minimum atomic E-state index is -1.94. The van der Waals surface area contributed by atoms with Gasteiger partial charge < -0.3 is 76.2 Å². The average molecular weight is 1290 g/mol. The first-order chi connectivity index (χ1) is 42.5. The molecule has 4 aliphatic rings. The summed E-state index contributed by atoms with van der Waals surface area (Å²) in [4.78, 5) is 137. The molecule has 4 heterocycles. The number of methoxy groups -OCH3 is 2. The molecule has 0 unspecified atom stereocenters. The highest BCUT2D eigenvalue weighted by atomic mass is 35.5. The lowest BCUT2D eigenvalue weighted by Crippen LogP contribution is -2.63. The van der Waals surface area contributed by atoms with Gasteiger partial charge in [0.05, 0.1) is 36.6 Å². The van der Waals surface area contributed by atoms with Crippen molar-refractivity contribution < 1.29 is 76.7 Å². The minimum Gasteiger partial charge on any atom is -0.495 e. The first-order valence-corrected chi connectivity index (χ1v) is 30.2. The Bertz CT molecular complexity index is 3180. The highest BCUT2D eigenvalue weighted by molar-refractivity contribution is 7.80. The fourth-order valence-corrected chi connectivity index (χ4v) is 11.3. The van der Waals surface area contributed by atoms with E-state index in [2.05, 4.69) is 37.2 Å². The molecule has 0 spiro atoms. The van der Waals surface area contributed by atoms with Crippen LogP contribution in [0.25, 0.3) is 0 Å². The number of ether oxygens (including phenoxy) is 5. The van der Waals surface area contributed by atoms with Crippen molar-refractivity contribution in [3.8, 4) is 5.75 Å². The van der Waals surface area contributed by atoms with E-state index in [4.69, 9.17) is 53.2 Å². The SMILES string of the molecule is CNC(=O)c1cc(C(=O)N(C)[C@@H](C)C(=O)O[C@H]2CC(=O)N(C)c3cc(cc(OC)c3Cl)C/C(C)=C/C=C/[C@@H](OC)[C@@]3(O)C[C@H](OC(=O)N3)[C@@H](C)[C@@H]3O[C@@]23C)ccc1NC(=O)[C@H](CCCNC(N)=O)NC(=O)[C@@H](NC(=S)NCCCCN1C(=O)C=CC1=O)C(C)C. The number of alkyl carbamates (subject to hydrolysis) is 1. The number of hydrogen-bond acceptors (Lipinski definition) is 17. The Morgan fingerprint density at radius 3 is 2.31 bits per heavy atom. The maximum absolute atomic E-state index is 14.6. The van der Waals surface area contributed by atoms with Crippen LogP contribution in [-0.4, -0.2) is 188 Å². The number of carbonyl (C=O) groups is 10. The molecule has 490 valence electrons. The molecular weight excluding hydrogens is 1210 g/mol. The van der Waals surface area contributed by atoms with Gasteiger partial charge in [-0.25, -0.2) is 14.4 Å². The largest absolute Gasteiger partial charge is 0.495 e. The van der Waals surface area contributed by atoms with Crippen molar-refractivity contribution in [2.45, 2.75) is 140 Å². The number of amides is 10. The van der Waals surface area contributed by atoms with Crippen molar-refractivity contribution in [2.24, 2.45) is 17.6 Å². The smallest absolute Gasteiger partial charge is 0.409 e. The van der Waals surface area contributed by atoms with Gasteiger partial charge in [0.2, 0.25) is 17.7 Å². The molecule has 27 nitrogen and oxygen atoms in total. The predicted octanol–water partition coefficient (Wildman–Crippen LogP) is 3.25. The van der Waals surface area contributed by atoms with Gasteiger partial charge in [-0.2, -0.15) is 0 Å². The number of esters is 1. The zero-order valence-corrected chi connectivity index (χ0v) is 53.9. The molecule has 2 aromatic rings. The van der Waals surface area contributed by atoms with Gasteiger partial charge in [0.15, 0.2) is 10.8 Å². The van der Waals surface area contributed by atoms with Crippen LogP contribution in [0.5, 0.6) is 5.75 Å². The van der Waals surface area contributed by atoms with E-state index in [0.29, 0.717) is 31.5 Å². The Labute approximate surface area is 532 Å². The number of primary amides is 1. The number of urea groups is 1. The fraction of sp³-hybridized carbons (Fsp3) is 0.525. The third-order valence-electron chi connectivity index (χ3n) is 16.3. The molecule has 0 saturated carbocycles. The molecular formula is C61H82ClN11O16S. The minimum absolute atomic E-state index is 0.0231. The van der Waals surface area contributed by atoms with E-state index in [0.717, 1.165) is 20.9 Å². The summed E-state index contributed by atoms with van der Waals surface area (Å²) in [5.41, 5.74) is 3.46. The summed E-state index contributed by atoms with van der Waals surface area (Å²) in [6.45, 7) is 10.8. The van der Waals surface area contributed by atoms with E-state index in [1.165, 1.54) is 77.5 Å². The number of carbonyl (C=O) groups excluding carboxylic acids is 10. The Balaban J connectivity index is 1.21. The highest BCUT2D eigenvalue weighted by Crippen LogP contribution is 2.49. The maximum atomic E-state index is 14.6. The van der Waals surface area contributed by atoms with Crippen LogP contribution in [0.1, 0.15) is 106 Å². The standard InChI is InChI=1S/C61H82ClN11O16S/c1-32(2)50(69-58(90)66-23-12-13-25-73-46(74)21-22-47(73)75)54(79)68-40(17-15-24-65-57(63)82)53(78)67-39-20-19-37(29-38(39)52(77)64-7)55(80)71(8)35(5)56(81)88-45-30-48(76)72(9)41-27-36(28-42(85-10)49(41)62)26-33(3)16-14-18-44(86-11)61(84)31-43(87-59(83)70-61)34(4)51-60(45,6)89-51/h14,16,18-22,27-29,32,34-35,40,43-45,50-51,84H,12-13,15,17,23-26,30-31H2,1-11H3,(H,64,77)(H,67,78)(H,68,79)(H,70,83)(H3,63,65,82)(H2,66,69,90)/b18-14+,33-16+/t34-,35+,40+,43+,44-,45+,50+,51+,60+,61+/m1/s1. The van der Waals surface area contributed by atoms with Crippen LogP contribution >= 0.6 is 23.8 Å². The Hall–Kier alpha value is -8.18. The third kappa shape index (κ3) is 17.6. The number of hydrogen-bond donors (Lipinski definition) is 9. The Morgan fingerprint density at radius 1 is 0.978 bits per heavy atom. The first-order valence-electron chi connectivity index (χ1n) is 29.4. The lowest BCUT2D eigenvalue weighted by Gasteiger charge is -2.42. The fourth-order valence-electron chi connectivity index (χ4n) is 10.7. The number of aliphatic hydroxyl groups is 1. The van der Waals surface area contributed by atoms with Crippen LogP contribution in [0, 0.1) is 11.8 Å². The number of anilines is 2.